The molecule has 0 spiro atoms. The Labute approximate surface area is 129 Å². The van der Waals surface area contributed by atoms with E-state index in [-0.39, 0.29) is 11.6 Å². The highest BCUT2D eigenvalue weighted by molar-refractivity contribution is 5.96. The van der Waals surface area contributed by atoms with Crippen LogP contribution in [0.5, 0.6) is 0 Å². The zero-order valence-corrected chi connectivity index (χ0v) is 12.5. The summed E-state index contributed by atoms with van der Waals surface area (Å²) in [6, 6.07) is 7.52. The molecular formula is C17H16N4O. The van der Waals surface area contributed by atoms with Gasteiger partial charge in [0.15, 0.2) is 0 Å². The number of terminal acetylenes is 1. The first-order valence-electron chi connectivity index (χ1n) is 6.98. The van der Waals surface area contributed by atoms with Crippen molar-refractivity contribution in [3.05, 3.63) is 42.4 Å². The fraction of sp³-hybridized carbons (Fsp3) is 0.235. The van der Waals surface area contributed by atoms with Gasteiger partial charge in [0.2, 0.25) is 0 Å². The molecule has 0 atom stereocenters. The molecular weight excluding hydrogens is 276 g/mol. The fourth-order valence-corrected chi connectivity index (χ4v) is 2.34. The molecule has 4 rings (SSSR count). The Balaban J connectivity index is 0.000000196. The van der Waals surface area contributed by atoms with E-state index in [1.54, 1.807) is 17.2 Å². The first kappa shape index (κ1) is 14.1. The largest absolute Gasteiger partial charge is 0.331 e. The molecule has 1 N–H and O–H groups in total. The van der Waals surface area contributed by atoms with Crippen LogP contribution < -0.4 is 10.2 Å². The van der Waals surface area contributed by atoms with Crippen LogP contribution in [0.15, 0.2) is 36.7 Å². The van der Waals surface area contributed by atoms with Crippen molar-refractivity contribution >= 4 is 11.7 Å². The average molecular weight is 292 g/mol. The molecule has 110 valence electrons. The summed E-state index contributed by atoms with van der Waals surface area (Å²) in [5.74, 6) is 2.49. The van der Waals surface area contributed by atoms with Crippen LogP contribution in [0.3, 0.4) is 0 Å². The quantitative estimate of drug-likeness (QED) is 0.701. The molecule has 0 bridgehead atoms. The Morgan fingerprint density at radius 3 is 2.50 bits per heavy atom. The van der Waals surface area contributed by atoms with Crippen LogP contribution >= 0.6 is 0 Å². The van der Waals surface area contributed by atoms with Crippen molar-refractivity contribution in [2.45, 2.75) is 19.4 Å². The van der Waals surface area contributed by atoms with Gasteiger partial charge in [-0.15, -0.1) is 6.42 Å². The summed E-state index contributed by atoms with van der Waals surface area (Å²) in [5.41, 5.74) is 3.44. The zero-order valence-electron chi connectivity index (χ0n) is 12.5. The molecule has 2 aliphatic heterocycles. The van der Waals surface area contributed by atoms with Crippen molar-refractivity contribution in [2.75, 3.05) is 11.4 Å². The Hall–Kier alpha value is -2.87. The molecule has 5 nitrogen and oxygen atoms in total. The second-order valence-corrected chi connectivity index (χ2v) is 5.85. The lowest BCUT2D eigenvalue weighted by molar-refractivity contribution is 0.248. The van der Waals surface area contributed by atoms with Gasteiger partial charge in [-0.05, 0) is 44.0 Å². The van der Waals surface area contributed by atoms with Gasteiger partial charge >= 0.3 is 6.03 Å². The van der Waals surface area contributed by atoms with E-state index in [0.29, 0.717) is 17.9 Å². The van der Waals surface area contributed by atoms with Crippen molar-refractivity contribution in [2.24, 2.45) is 0 Å². The molecule has 0 radical (unpaired) electrons. The highest BCUT2D eigenvalue weighted by Gasteiger charge is 2.36. The summed E-state index contributed by atoms with van der Waals surface area (Å²) >= 11 is 0. The molecule has 0 aromatic carbocycles. The number of hydrogen-bond acceptors (Lipinski definition) is 3. The van der Waals surface area contributed by atoms with Crippen LogP contribution in [-0.4, -0.2) is 28.1 Å². The molecule has 0 unspecified atom stereocenters. The van der Waals surface area contributed by atoms with Gasteiger partial charge in [-0.2, -0.15) is 0 Å². The number of hydrogen-bond donors (Lipinski definition) is 1. The molecule has 1 aliphatic carbocycles. The third-order valence-electron chi connectivity index (χ3n) is 3.52. The third-order valence-corrected chi connectivity index (χ3v) is 3.52. The lowest BCUT2D eigenvalue weighted by atomic mass is 10.1. The topological polar surface area (TPSA) is 58.1 Å². The van der Waals surface area contributed by atoms with E-state index in [9.17, 15) is 4.79 Å². The van der Waals surface area contributed by atoms with Gasteiger partial charge in [-0.1, -0.05) is 0 Å². The number of carbonyl (C=O) groups excluding carboxylic acids is 1. The summed E-state index contributed by atoms with van der Waals surface area (Å²) in [6.07, 6.45) is 8.85. The first-order chi connectivity index (χ1) is 10.5. The van der Waals surface area contributed by atoms with E-state index in [2.05, 4.69) is 27.3 Å². The number of aromatic nitrogens is 2. The van der Waals surface area contributed by atoms with Gasteiger partial charge in [-0.3, -0.25) is 9.88 Å². The Morgan fingerprint density at radius 2 is 2.09 bits per heavy atom. The monoisotopic (exact) mass is 292 g/mol. The normalized spacial score (nSPS) is 16.2. The maximum absolute atomic E-state index is 11.8. The summed E-state index contributed by atoms with van der Waals surface area (Å²) in [5, 5.41) is 2.88. The second kappa shape index (κ2) is 5.15. The number of fused-ring (bicyclic) bond motifs is 1. The minimum Gasteiger partial charge on any atom is -0.331 e. The average Bonchev–Trinajstić information content (AvgIpc) is 2.76. The van der Waals surface area contributed by atoms with E-state index in [4.69, 9.17) is 6.42 Å². The van der Waals surface area contributed by atoms with Crippen LogP contribution in [0.4, 0.5) is 10.5 Å². The third kappa shape index (κ3) is 2.51. The number of amides is 2. The van der Waals surface area contributed by atoms with Crippen molar-refractivity contribution in [1.29, 1.82) is 0 Å². The van der Waals surface area contributed by atoms with Gasteiger partial charge in [0.1, 0.15) is 5.69 Å². The molecule has 3 heterocycles. The minimum atomic E-state index is -0.237. The number of urea groups is 1. The van der Waals surface area contributed by atoms with Crippen LogP contribution in [-0.2, 0) is 0 Å². The lowest BCUT2D eigenvalue weighted by Gasteiger charge is -2.18. The number of nitrogens with one attached hydrogen (secondary N) is 1. The molecule has 0 saturated carbocycles. The van der Waals surface area contributed by atoms with Crippen LogP contribution in [0.25, 0.3) is 11.3 Å². The lowest BCUT2D eigenvalue weighted by Crippen LogP contribution is -2.36. The summed E-state index contributed by atoms with van der Waals surface area (Å²) in [6.45, 7) is 4.53. The fourth-order valence-electron chi connectivity index (χ4n) is 2.34. The van der Waals surface area contributed by atoms with Crippen molar-refractivity contribution < 1.29 is 4.79 Å². The smallest absolute Gasteiger partial charge is 0.322 e. The van der Waals surface area contributed by atoms with E-state index < -0.39 is 0 Å². The molecule has 1 fully saturated rings. The van der Waals surface area contributed by atoms with Gasteiger partial charge in [-0.25, -0.2) is 9.78 Å². The summed E-state index contributed by atoms with van der Waals surface area (Å²) in [7, 11) is 0. The van der Waals surface area contributed by atoms with Gasteiger partial charge in [0, 0.05) is 18.0 Å². The molecule has 5 heteroatoms. The number of nitrogens with zero attached hydrogens (tertiary/aromatic N) is 3. The van der Waals surface area contributed by atoms with Gasteiger partial charge in [0.25, 0.3) is 0 Å². The molecule has 1 aromatic rings. The van der Waals surface area contributed by atoms with Crippen LogP contribution in [0.2, 0.25) is 0 Å². The number of anilines is 1. The van der Waals surface area contributed by atoms with Crippen LogP contribution in [0, 0.1) is 12.3 Å². The van der Waals surface area contributed by atoms with Crippen LogP contribution in [0.1, 0.15) is 19.5 Å². The van der Waals surface area contributed by atoms with Gasteiger partial charge in [0.05, 0.1) is 23.5 Å². The van der Waals surface area contributed by atoms with E-state index in [1.165, 1.54) is 11.3 Å². The minimum absolute atomic E-state index is 0.130. The predicted octanol–water partition coefficient (Wildman–Crippen LogP) is 2.43. The summed E-state index contributed by atoms with van der Waals surface area (Å²) < 4.78 is 0. The second-order valence-electron chi connectivity index (χ2n) is 5.85. The number of carbonyl (C=O) groups is 1. The molecule has 2 amide bonds. The Morgan fingerprint density at radius 1 is 1.32 bits per heavy atom. The zero-order chi connectivity index (χ0) is 15.7. The van der Waals surface area contributed by atoms with Crippen molar-refractivity contribution in [1.82, 2.24) is 15.3 Å². The Bertz CT molecular complexity index is 738. The number of pyridine rings is 2. The van der Waals surface area contributed by atoms with Gasteiger partial charge < -0.3 is 5.32 Å². The van der Waals surface area contributed by atoms with Crippen molar-refractivity contribution in [3.8, 4) is 23.6 Å². The molecule has 1 saturated heterocycles. The number of rotatable bonds is 1. The maximum atomic E-state index is 11.8. The Kier molecular flexibility index (Phi) is 3.30. The standard InChI is InChI=1S/C12H13N3O.C5H3N/c1-4-9-10(6-5-7-13-9)15-8-12(2,3)14-11(15)16;1-2-5-4(1)3-6-5/h1,5-7H,8H2,2-3H3,(H,14,16);1-3H. The molecule has 22 heavy (non-hydrogen) atoms. The van der Waals surface area contributed by atoms with E-state index in [0.717, 1.165) is 0 Å². The highest BCUT2D eigenvalue weighted by Crippen LogP contribution is 2.25. The highest BCUT2D eigenvalue weighted by atomic mass is 16.2. The predicted molar refractivity (Wildman–Crippen MR) is 85.4 cm³/mol. The first-order valence-corrected chi connectivity index (χ1v) is 6.98. The van der Waals surface area contributed by atoms with E-state index in [1.807, 2.05) is 32.2 Å². The SMILES string of the molecule is C#Cc1ncccc1N1CC(C)(C)NC1=O.c1cc2ncc1-2. The maximum Gasteiger partial charge on any atom is 0.322 e. The molecule has 1 aromatic heterocycles. The molecule has 3 aliphatic rings. The summed E-state index contributed by atoms with van der Waals surface area (Å²) in [4.78, 5) is 21.4. The van der Waals surface area contributed by atoms with Crippen molar-refractivity contribution in [3.63, 3.8) is 0 Å². The van der Waals surface area contributed by atoms with E-state index >= 15 is 0 Å².